The van der Waals surface area contributed by atoms with E-state index in [1.807, 2.05) is 53.9 Å². The molecule has 3 aromatic rings. The fourth-order valence-electron chi connectivity index (χ4n) is 2.74. The number of guanidine groups is 1. The zero-order valence-electron chi connectivity index (χ0n) is 16.6. The Balaban J connectivity index is 1.69. The second kappa shape index (κ2) is 9.99. The van der Waals surface area contributed by atoms with Crippen LogP contribution < -0.4 is 20.1 Å². The standard InChI is InChI=1S/C21H24N6O2/c1-4-12-29-18-13-16(9-10-17(18)28-3)14-23-21(22-5-2)24-15-20-26-25-19-8-6-7-11-27(19)20/h1,6-11,13H,5,12,14-15H2,2-3H3,(H2,22,23,24). The number of fused-ring (bicyclic) bond motifs is 1. The van der Waals surface area contributed by atoms with E-state index in [9.17, 15) is 0 Å². The molecule has 3 rings (SSSR count). The molecule has 0 fully saturated rings. The van der Waals surface area contributed by atoms with E-state index in [0.29, 0.717) is 30.5 Å². The number of pyridine rings is 1. The lowest BCUT2D eigenvalue weighted by molar-refractivity contribution is 0.330. The highest BCUT2D eigenvalue weighted by Gasteiger charge is 2.07. The topological polar surface area (TPSA) is 85.1 Å². The van der Waals surface area contributed by atoms with Crippen LogP contribution in [0.3, 0.4) is 0 Å². The molecule has 0 radical (unpaired) electrons. The SMILES string of the molecule is C#CCOc1cc(CN=C(NCC)NCc2nnc3ccccn23)ccc1OC. The van der Waals surface area contributed by atoms with Gasteiger partial charge in [-0.15, -0.1) is 16.6 Å². The highest BCUT2D eigenvalue weighted by Crippen LogP contribution is 2.28. The smallest absolute Gasteiger partial charge is 0.191 e. The Morgan fingerprint density at radius 2 is 2.10 bits per heavy atom. The van der Waals surface area contributed by atoms with E-state index >= 15 is 0 Å². The summed E-state index contributed by atoms with van der Waals surface area (Å²) in [7, 11) is 1.59. The summed E-state index contributed by atoms with van der Waals surface area (Å²) in [6.07, 6.45) is 7.22. The zero-order valence-corrected chi connectivity index (χ0v) is 16.6. The Morgan fingerprint density at radius 1 is 1.21 bits per heavy atom. The quantitative estimate of drug-likeness (QED) is 0.347. The summed E-state index contributed by atoms with van der Waals surface area (Å²) >= 11 is 0. The molecule has 2 heterocycles. The molecular formula is C21H24N6O2. The van der Waals surface area contributed by atoms with Crippen molar-refractivity contribution in [3.05, 3.63) is 54.0 Å². The number of methoxy groups -OCH3 is 1. The van der Waals surface area contributed by atoms with Crippen LogP contribution in [-0.2, 0) is 13.1 Å². The van der Waals surface area contributed by atoms with Gasteiger partial charge < -0.3 is 20.1 Å². The van der Waals surface area contributed by atoms with Crippen molar-refractivity contribution in [1.82, 2.24) is 25.2 Å². The van der Waals surface area contributed by atoms with Crippen molar-refractivity contribution in [2.75, 3.05) is 20.3 Å². The van der Waals surface area contributed by atoms with Gasteiger partial charge in [0.25, 0.3) is 0 Å². The fraction of sp³-hybridized carbons (Fsp3) is 0.286. The Morgan fingerprint density at radius 3 is 2.90 bits per heavy atom. The van der Waals surface area contributed by atoms with Gasteiger partial charge in [-0.3, -0.25) is 4.40 Å². The Bertz CT molecular complexity index is 1020. The molecule has 8 heteroatoms. The summed E-state index contributed by atoms with van der Waals surface area (Å²) in [4.78, 5) is 4.64. The number of nitrogens with zero attached hydrogens (tertiary/aromatic N) is 4. The van der Waals surface area contributed by atoms with Crippen molar-refractivity contribution in [3.8, 4) is 23.8 Å². The number of rotatable bonds is 8. The highest BCUT2D eigenvalue weighted by molar-refractivity contribution is 5.79. The van der Waals surface area contributed by atoms with Gasteiger partial charge >= 0.3 is 0 Å². The van der Waals surface area contributed by atoms with Gasteiger partial charge in [0.1, 0.15) is 6.61 Å². The summed E-state index contributed by atoms with van der Waals surface area (Å²) < 4.78 is 12.8. The molecule has 2 aromatic heterocycles. The molecule has 150 valence electrons. The van der Waals surface area contributed by atoms with Crippen LogP contribution in [0, 0.1) is 12.3 Å². The number of aromatic nitrogens is 3. The average Bonchev–Trinajstić information content (AvgIpc) is 3.17. The number of ether oxygens (including phenoxy) is 2. The van der Waals surface area contributed by atoms with Crippen LogP contribution in [0.25, 0.3) is 5.65 Å². The van der Waals surface area contributed by atoms with E-state index < -0.39 is 0 Å². The van der Waals surface area contributed by atoms with E-state index in [4.69, 9.17) is 15.9 Å². The minimum atomic E-state index is 0.180. The summed E-state index contributed by atoms with van der Waals surface area (Å²) in [6.45, 7) is 3.90. The Labute approximate surface area is 170 Å². The van der Waals surface area contributed by atoms with Gasteiger partial charge in [0, 0.05) is 12.7 Å². The normalized spacial score (nSPS) is 11.1. The third kappa shape index (κ3) is 5.17. The van der Waals surface area contributed by atoms with Crippen LogP contribution in [-0.4, -0.2) is 40.8 Å². The minimum Gasteiger partial charge on any atom is -0.493 e. The molecule has 0 aliphatic heterocycles. The molecule has 2 N–H and O–H groups in total. The maximum absolute atomic E-state index is 5.55. The molecule has 0 spiro atoms. The van der Waals surface area contributed by atoms with Gasteiger partial charge in [0.2, 0.25) is 0 Å². The van der Waals surface area contributed by atoms with Crippen LogP contribution >= 0.6 is 0 Å². The van der Waals surface area contributed by atoms with E-state index in [1.54, 1.807) is 7.11 Å². The van der Waals surface area contributed by atoms with Crippen LogP contribution in [0.1, 0.15) is 18.3 Å². The molecule has 0 saturated carbocycles. The zero-order chi connectivity index (χ0) is 20.5. The number of benzene rings is 1. The van der Waals surface area contributed by atoms with Crippen molar-refractivity contribution >= 4 is 11.6 Å². The Hall–Kier alpha value is -3.73. The molecular weight excluding hydrogens is 368 g/mol. The first-order valence-corrected chi connectivity index (χ1v) is 9.29. The second-order valence-electron chi connectivity index (χ2n) is 6.07. The van der Waals surface area contributed by atoms with Gasteiger partial charge in [0.15, 0.2) is 28.9 Å². The molecule has 0 aliphatic carbocycles. The first-order valence-electron chi connectivity index (χ1n) is 9.29. The average molecular weight is 392 g/mol. The number of hydrogen-bond donors (Lipinski definition) is 2. The van der Waals surface area contributed by atoms with E-state index in [0.717, 1.165) is 23.6 Å². The minimum absolute atomic E-state index is 0.180. The van der Waals surface area contributed by atoms with Gasteiger partial charge in [-0.1, -0.05) is 18.1 Å². The Kier molecular flexibility index (Phi) is 6.90. The summed E-state index contributed by atoms with van der Waals surface area (Å²) in [5.74, 6) is 5.19. The van der Waals surface area contributed by atoms with Gasteiger partial charge in [-0.25, -0.2) is 4.99 Å². The van der Waals surface area contributed by atoms with Gasteiger partial charge in [-0.05, 0) is 36.8 Å². The lowest BCUT2D eigenvalue weighted by atomic mass is 10.2. The summed E-state index contributed by atoms with van der Waals surface area (Å²) in [6, 6.07) is 11.5. The van der Waals surface area contributed by atoms with Crippen LogP contribution in [0.15, 0.2) is 47.6 Å². The largest absolute Gasteiger partial charge is 0.493 e. The van der Waals surface area contributed by atoms with Crippen molar-refractivity contribution in [2.24, 2.45) is 4.99 Å². The number of aliphatic imine (C=N–C) groups is 1. The third-order valence-corrected chi connectivity index (χ3v) is 4.10. The molecule has 0 amide bonds. The van der Waals surface area contributed by atoms with Gasteiger partial charge in [-0.2, -0.15) is 0 Å². The van der Waals surface area contributed by atoms with E-state index in [1.165, 1.54) is 0 Å². The van der Waals surface area contributed by atoms with Crippen LogP contribution in [0.4, 0.5) is 0 Å². The summed E-state index contributed by atoms with van der Waals surface area (Å²) in [5.41, 5.74) is 1.78. The van der Waals surface area contributed by atoms with Crippen LogP contribution in [0.5, 0.6) is 11.5 Å². The molecule has 0 atom stereocenters. The van der Waals surface area contributed by atoms with Crippen molar-refractivity contribution in [3.63, 3.8) is 0 Å². The van der Waals surface area contributed by atoms with E-state index in [2.05, 4.69) is 31.7 Å². The molecule has 0 aliphatic rings. The maximum atomic E-state index is 5.55. The lowest BCUT2D eigenvalue weighted by Gasteiger charge is -2.12. The third-order valence-electron chi connectivity index (χ3n) is 4.10. The summed E-state index contributed by atoms with van der Waals surface area (Å²) in [5, 5.41) is 14.9. The highest BCUT2D eigenvalue weighted by atomic mass is 16.5. The lowest BCUT2D eigenvalue weighted by Crippen LogP contribution is -2.37. The van der Waals surface area contributed by atoms with E-state index in [-0.39, 0.29) is 6.61 Å². The first-order chi connectivity index (χ1) is 14.2. The predicted octanol–water partition coefficient (Wildman–Crippen LogP) is 2.01. The van der Waals surface area contributed by atoms with Crippen molar-refractivity contribution in [2.45, 2.75) is 20.0 Å². The molecule has 0 bridgehead atoms. The van der Waals surface area contributed by atoms with Crippen LogP contribution in [0.2, 0.25) is 0 Å². The molecule has 8 nitrogen and oxygen atoms in total. The molecule has 0 unspecified atom stereocenters. The number of hydrogen-bond acceptors (Lipinski definition) is 5. The van der Waals surface area contributed by atoms with Crippen molar-refractivity contribution < 1.29 is 9.47 Å². The second-order valence-corrected chi connectivity index (χ2v) is 6.07. The molecule has 1 aromatic carbocycles. The van der Waals surface area contributed by atoms with Crippen molar-refractivity contribution in [1.29, 1.82) is 0 Å². The number of terminal acetylenes is 1. The molecule has 0 saturated heterocycles. The maximum Gasteiger partial charge on any atom is 0.191 e. The fourth-order valence-corrected chi connectivity index (χ4v) is 2.74. The first kappa shape index (κ1) is 20.0. The number of nitrogens with one attached hydrogen (secondary N) is 2. The monoisotopic (exact) mass is 392 g/mol. The predicted molar refractivity (Wildman–Crippen MR) is 112 cm³/mol. The molecule has 29 heavy (non-hydrogen) atoms. The van der Waals surface area contributed by atoms with Gasteiger partial charge in [0.05, 0.1) is 20.2 Å².